The van der Waals surface area contributed by atoms with Gasteiger partial charge < -0.3 is 9.64 Å². The van der Waals surface area contributed by atoms with E-state index in [4.69, 9.17) is 9.13 Å². The van der Waals surface area contributed by atoms with Gasteiger partial charge in [-0.25, -0.2) is 8.79 Å². The van der Waals surface area contributed by atoms with Crippen molar-refractivity contribution in [2.75, 3.05) is 12.3 Å². The Hall–Kier alpha value is -2.22. The third kappa shape index (κ3) is 3.25. The van der Waals surface area contributed by atoms with E-state index in [2.05, 4.69) is 4.90 Å². The number of hydrogen-bond acceptors (Lipinski definition) is 4. The molecular formula is C22H20F4N2OS. The Bertz CT molecular complexity index is 982. The largest absolute Gasteiger partial charge is 0.457 e. The molecule has 0 N–H and O–H groups in total. The lowest BCUT2D eigenvalue weighted by molar-refractivity contribution is -0.140. The summed E-state index contributed by atoms with van der Waals surface area (Å²) in [6, 6.07) is 10.8. The quantitative estimate of drug-likeness (QED) is 0.424. The van der Waals surface area contributed by atoms with Crippen LogP contribution in [0.3, 0.4) is 0 Å². The first-order chi connectivity index (χ1) is 14.4. The summed E-state index contributed by atoms with van der Waals surface area (Å²) >= 11 is 1.62. The van der Waals surface area contributed by atoms with Crippen LogP contribution in [0.4, 0.5) is 17.6 Å². The summed E-state index contributed by atoms with van der Waals surface area (Å²) in [6.07, 6.45) is -0.353. The highest BCUT2D eigenvalue weighted by Gasteiger charge is 2.51. The Morgan fingerprint density at radius 3 is 2.43 bits per heavy atom. The number of alkyl halides is 3. The minimum absolute atomic E-state index is 0.0490. The second-order valence-electron chi connectivity index (χ2n) is 8.02. The minimum atomic E-state index is -4.77. The number of nitrogens with zero attached hydrogens (tertiary/aromatic N) is 2. The molecule has 4 aliphatic rings. The van der Waals surface area contributed by atoms with E-state index >= 15 is 0 Å². The third-order valence-corrected chi connectivity index (χ3v) is 7.08. The van der Waals surface area contributed by atoms with Crippen molar-refractivity contribution in [1.82, 2.24) is 4.90 Å². The highest BCUT2D eigenvalue weighted by Crippen LogP contribution is 2.50. The van der Waals surface area contributed by atoms with E-state index in [9.17, 15) is 17.6 Å². The molecule has 0 amide bonds. The van der Waals surface area contributed by atoms with Crippen molar-refractivity contribution in [3.63, 3.8) is 0 Å². The lowest BCUT2D eigenvalue weighted by atomic mass is 9.63. The lowest BCUT2D eigenvalue weighted by Gasteiger charge is -2.55. The summed E-state index contributed by atoms with van der Waals surface area (Å²) in [5, 5.41) is 0. The Morgan fingerprint density at radius 1 is 1.03 bits per heavy atom. The van der Waals surface area contributed by atoms with Crippen molar-refractivity contribution in [3.05, 3.63) is 59.4 Å². The average molecular weight is 436 g/mol. The molecule has 3 aliphatic heterocycles. The monoisotopic (exact) mass is 436 g/mol. The summed E-state index contributed by atoms with van der Waals surface area (Å²) in [5.74, 6) is 1.24. The molecule has 158 valence electrons. The molecule has 2 saturated heterocycles. The minimum Gasteiger partial charge on any atom is -0.457 e. The molecule has 0 aromatic heterocycles. The molecule has 8 heteroatoms. The highest BCUT2D eigenvalue weighted by molar-refractivity contribution is 7.98. The van der Waals surface area contributed by atoms with Crippen molar-refractivity contribution < 1.29 is 22.3 Å². The zero-order valence-corrected chi connectivity index (χ0v) is 16.9. The van der Waals surface area contributed by atoms with E-state index < -0.39 is 17.6 Å². The molecule has 0 atom stereocenters. The van der Waals surface area contributed by atoms with Gasteiger partial charge in [-0.3, -0.25) is 0 Å². The summed E-state index contributed by atoms with van der Waals surface area (Å²) < 4.78 is 62.7. The average Bonchev–Trinajstić information content (AvgIpc) is 2.76. The summed E-state index contributed by atoms with van der Waals surface area (Å²) in [6.45, 7) is 1.03. The molecule has 0 spiro atoms. The van der Waals surface area contributed by atoms with Crippen molar-refractivity contribution in [2.24, 2.45) is 4.40 Å². The van der Waals surface area contributed by atoms with Gasteiger partial charge in [0, 0.05) is 18.3 Å². The van der Waals surface area contributed by atoms with Gasteiger partial charge in [-0.15, -0.1) is 0 Å². The molecule has 6 rings (SSSR count). The predicted molar refractivity (Wildman–Crippen MR) is 108 cm³/mol. The van der Waals surface area contributed by atoms with E-state index in [1.807, 2.05) is 12.1 Å². The van der Waals surface area contributed by atoms with Crippen LogP contribution in [0.15, 0.2) is 46.9 Å². The molecule has 3 fully saturated rings. The number of fused-ring (bicyclic) bond motifs is 2. The molecule has 1 aliphatic carbocycles. The number of ether oxygens (including phenoxy) is 1. The van der Waals surface area contributed by atoms with Gasteiger partial charge >= 0.3 is 6.18 Å². The maximum absolute atomic E-state index is 13.5. The Kier molecular flexibility index (Phi) is 4.72. The van der Waals surface area contributed by atoms with Crippen molar-refractivity contribution in [3.8, 4) is 11.5 Å². The van der Waals surface area contributed by atoms with Crippen LogP contribution in [0.2, 0.25) is 0 Å². The van der Waals surface area contributed by atoms with Gasteiger partial charge in [0.1, 0.15) is 23.2 Å². The number of benzene rings is 2. The fourth-order valence-electron chi connectivity index (χ4n) is 4.93. The van der Waals surface area contributed by atoms with Crippen LogP contribution in [0.1, 0.15) is 36.8 Å². The Labute approximate surface area is 176 Å². The number of halogens is 4. The molecule has 3 nitrogen and oxygen atoms in total. The lowest BCUT2D eigenvalue weighted by Crippen LogP contribution is -2.61. The van der Waals surface area contributed by atoms with Crippen LogP contribution in [0.5, 0.6) is 11.5 Å². The van der Waals surface area contributed by atoms with Gasteiger partial charge in [-0.2, -0.15) is 13.2 Å². The second kappa shape index (κ2) is 7.18. The molecule has 2 aromatic rings. The first-order valence-electron chi connectivity index (χ1n) is 9.99. The highest BCUT2D eigenvalue weighted by atomic mass is 32.2. The van der Waals surface area contributed by atoms with Gasteiger partial charge in [-0.1, -0.05) is 12.1 Å². The zero-order valence-electron chi connectivity index (χ0n) is 16.1. The maximum atomic E-state index is 13.5. The van der Waals surface area contributed by atoms with Crippen LogP contribution in [0.25, 0.3) is 0 Å². The van der Waals surface area contributed by atoms with Crippen molar-refractivity contribution in [2.45, 2.75) is 43.3 Å². The normalized spacial score (nSPS) is 25.7. The van der Waals surface area contributed by atoms with E-state index in [-0.39, 0.29) is 11.2 Å². The van der Waals surface area contributed by atoms with Crippen LogP contribution in [-0.2, 0) is 11.6 Å². The predicted octanol–water partition coefficient (Wildman–Crippen LogP) is 6.19. The van der Waals surface area contributed by atoms with E-state index in [0.717, 1.165) is 49.6 Å². The Balaban J connectivity index is 1.41. The fourth-order valence-corrected chi connectivity index (χ4v) is 5.71. The molecule has 3 heterocycles. The van der Waals surface area contributed by atoms with Gasteiger partial charge in [0.05, 0.1) is 11.0 Å². The number of amidine groups is 1. The van der Waals surface area contributed by atoms with Gasteiger partial charge in [0.15, 0.2) is 0 Å². The van der Waals surface area contributed by atoms with Gasteiger partial charge in [-0.05, 0) is 73.5 Å². The van der Waals surface area contributed by atoms with E-state index in [1.165, 1.54) is 11.9 Å². The van der Waals surface area contributed by atoms with Crippen LogP contribution >= 0.6 is 11.9 Å². The van der Waals surface area contributed by atoms with Gasteiger partial charge in [0.25, 0.3) is 0 Å². The molecule has 2 bridgehead atoms. The smallest absolute Gasteiger partial charge is 0.419 e. The molecule has 1 saturated carbocycles. The third-order valence-electron chi connectivity index (χ3n) is 6.41. The zero-order chi connectivity index (χ0) is 20.9. The molecule has 0 unspecified atom stereocenters. The van der Waals surface area contributed by atoms with Crippen molar-refractivity contribution >= 4 is 17.8 Å². The van der Waals surface area contributed by atoms with Crippen molar-refractivity contribution in [1.29, 1.82) is 0 Å². The Morgan fingerprint density at radius 2 is 1.73 bits per heavy atom. The number of hydrogen-bond donors (Lipinski definition) is 0. The van der Waals surface area contributed by atoms with Crippen LogP contribution in [0, 0.1) is 5.82 Å². The molecule has 0 radical (unpaired) electrons. The first kappa shape index (κ1) is 19.7. The van der Waals surface area contributed by atoms with E-state index in [1.54, 1.807) is 24.1 Å². The number of piperidine rings is 2. The second-order valence-corrected chi connectivity index (χ2v) is 8.87. The molecule has 30 heavy (non-hydrogen) atoms. The molecular weight excluding hydrogens is 416 g/mol. The van der Waals surface area contributed by atoms with E-state index in [0.29, 0.717) is 17.9 Å². The van der Waals surface area contributed by atoms with Crippen LogP contribution in [-0.4, -0.2) is 29.1 Å². The number of rotatable bonds is 3. The topological polar surface area (TPSA) is 24.8 Å². The summed E-state index contributed by atoms with van der Waals surface area (Å²) in [7, 11) is 0. The maximum Gasteiger partial charge on any atom is 0.419 e. The molecule has 2 aromatic carbocycles. The van der Waals surface area contributed by atoms with Crippen LogP contribution < -0.4 is 4.74 Å². The first-order valence-corrected chi connectivity index (χ1v) is 10.9. The summed E-state index contributed by atoms with van der Waals surface area (Å²) in [4.78, 5) is 2.46. The summed E-state index contributed by atoms with van der Waals surface area (Å²) in [5.41, 5.74) is -0.267. The van der Waals surface area contributed by atoms with Gasteiger partial charge in [0.2, 0.25) is 0 Å². The standard InChI is InChI=1S/C22H20F4N2OS/c23-19-6-5-17(13-18(19)22(24,25)26)29-16-3-1-14(2-4-16)21-9-7-15(8-10-21)28-11-12-30-27-20(21)28/h1-6,13,15H,7-12H2. The fraction of sp³-hybridized carbons (Fsp3) is 0.409. The SMILES string of the molecule is Fc1ccc(Oc2ccc(C34CCC(CC3)N3CCSN=C34)cc2)cc1C(F)(F)F.